The van der Waals surface area contributed by atoms with E-state index in [4.69, 9.17) is 10.00 Å². The number of aromatic nitrogens is 2. The number of nitrogens with zero attached hydrogens (tertiary/aromatic N) is 3. The molecule has 0 aliphatic heterocycles. The van der Waals surface area contributed by atoms with Gasteiger partial charge in [-0.25, -0.2) is 0 Å². The largest absolute Gasteiger partial charge is 0.492 e. The predicted molar refractivity (Wildman–Crippen MR) is 81.1 cm³/mol. The van der Waals surface area contributed by atoms with E-state index in [9.17, 15) is 0 Å². The van der Waals surface area contributed by atoms with Crippen molar-refractivity contribution in [3.8, 4) is 11.8 Å². The van der Waals surface area contributed by atoms with Gasteiger partial charge in [-0.2, -0.15) is 10.4 Å². The first-order chi connectivity index (χ1) is 10.2. The van der Waals surface area contributed by atoms with E-state index in [1.165, 1.54) is 0 Å². The number of nitrogens with one attached hydrogen (secondary N) is 1. The van der Waals surface area contributed by atoms with Crippen LogP contribution in [0.1, 0.15) is 25.5 Å². The fourth-order valence-electron chi connectivity index (χ4n) is 2.03. The van der Waals surface area contributed by atoms with Crippen molar-refractivity contribution in [3.05, 3.63) is 48.3 Å². The standard InChI is InChI=1S/C16H20N4O/c1-13(14(2)20-9-4-7-19-20)18-8-10-21-16-6-3-5-15(11-16)12-17/h3-7,9,11,13-14,18H,8,10H2,1-2H3. The summed E-state index contributed by atoms with van der Waals surface area (Å²) in [6.45, 7) is 5.55. The molecule has 0 saturated carbocycles. The van der Waals surface area contributed by atoms with Crippen LogP contribution >= 0.6 is 0 Å². The molecule has 0 bridgehead atoms. The molecule has 1 aromatic heterocycles. The van der Waals surface area contributed by atoms with Crippen LogP contribution in [-0.2, 0) is 0 Å². The first kappa shape index (κ1) is 15.1. The summed E-state index contributed by atoms with van der Waals surface area (Å²) < 4.78 is 7.57. The van der Waals surface area contributed by atoms with Gasteiger partial charge in [0.2, 0.25) is 0 Å². The van der Waals surface area contributed by atoms with Crippen LogP contribution in [0, 0.1) is 11.3 Å². The third-order valence-corrected chi connectivity index (χ3v) is 3.47. The lowest BCUT2D eigenvalue weighted by Gasteiger charge is -2.21. The summed E-state index contributed by atoms with van der Waals surface area (Å²) in [6.07, 6.45) is 3.75. The molecule has 5 heteroatoms. The number of nitriles is 1. The third-order valence-electron chi connectivity index (χ3n) is 3.47. The SMILES string of the molecule is CC(NCCOc1cccc(C#N)c1)C(C)n1cccn1. The maximum atomic E-state index is 8.83. The molecule has 1 heterocycles. The Bertz CT molecular complexity index is 589. The maximum Gasteiger partial charge on any atom is 0.120 e. The summed E-state index contributed by atoms with van der Waals surface area (Å²) in [5.74, 6) is 0.726. The van der Waals surface area contributed by atoms with Gasteiger partial charge in [0, 0.05) is 25.0 Å². The van der Waals surface area contributed by atoms with Gasteiger partial charge >= 0.3 is 0 Å². The van der Waals surface area contributed by atoms with Crippen molar-refractivity contribution < 1.29 is 4.74 Å². The Morgan fingerprint density at radius 1 is 1.38 bits per heavy atom. The Morgan fingerprint density at radius 3 is 2.95 bits per heavy atom. The Morgan fingerprint density at radius 2 is 2.24 bits per heavy atom. The van der Waals surface area contributed by atoms with Crippen molar-refractivity contribution in [2.24, 2.45) is 0 Å². The topological polar surface area (TPSA) is 62.9 Å². The lowest BCUT2D eigenvalue weighted by molar-refractivity contribution is 0.289. The van der Waals surface area contributed by atoms with E-state index in [1.54, 1.807) is 18.3 Å². The summed E-state index contributed by atoms with van der Waals surface area (Å²) in [6, 6.07) is 11.8. The smallest absolute Gasteiger partial charge is 0.120 e. The number of benzene rings is 1. The number of hydrogen-bond acceptors (Lipinski definition) is 4. The Labute approximate surface area is 125 Å². The second kappa shape index (κ2) is 7.46. The van der Waals surface area contributed by atoms with Crippen LogP contribution in [0.2, 0.25) is 0 Å². The summed E-state index contributed by atoms with van der Waals surface area (Å²) in [7, 11) is 0. The van der Waals surface area contributed by atoms with Crippen LogP contribution in [0.3, 0.4) is 0 Å². The summed E-state index contributed by atoms with van der Waals surface area (Å²) in [5, 5.41) is 16.5. The van der Waals surface area contributed by atoms with Crippen LogP contribution in [0.4, 0.5) is 0 Å². The highest BCUT2D eigenvalue weighted by atomic mass is 16.5. The van der Waals surface area contributed by atoms with E-state index in [0.717, 1.165) is 12.3 Å². The van der Waals surface area contributed by atoms with Crippen molar-refractivity contribution in [1.82, 2.24) is 15.1 Å². The van der Waals surface area contributed by atoms with Crippen molar-refractivity contribution in [3.63, 3.8) is 0 Å². The minimum Gasteiger partial charge on any atom is -0.492 e. The summed E-state index contributed by atoms with van der Waals surface area (Å²) >= 11 is 0. The fourth-order valence-corrected chi connectivity index (χ4v) is 2.03. The zero-order chi connectivity index (χ0) is 15.1. The van der Waals surface area contributed by atoms with Crippen LogP contribution < -0.4 is 10.1 Å². The van der Waals surface area contributed by atoms with E-state index in [2.05, 4.69) is 30.3 Å². The Hall–Kier alpha value is -2.32. The number of rotatable bonds is 7. The highest BCUT2D eigenvalue weighted by Crippen LogP contribution is 2.12. The van der Waals surface area contributed by atoms with E-state index < -0.39 is 0 Å². The molecule has 0 spiro atoms. The van der Waals surface area contributed by atoms with Gasteiger partial charge < -0.3 is 10.1 Å². The minimum absolute atomic E-state index is 0.280. The molecule has 21 heavy (non-hydrogen) atoms. The first-order valence-electron chi connectivity index (χ1n) is 7.06. The summed E-state index contributed by atoms with van der Waals surface area (Å²) in [4.78, 5) is 0. The van der Waals surface area contributed by atoms with Gasteiger partial charge in [0.1, 0.15) is 12.4 Å². The average Bonchev–Trinajstić information content (AvgIpc) is 3.05. The Balaban J connectivity index is 1.73. The molecule has 0 amide bonds. The molecule has 0 aliphatic carbocycles. The van der Waals surface area contributed by atoms with Gasteiger partial charge in [-0.05, 0) is 38.1 Å². The molecule has 110 valence electrons. The molecule has 2 aromatic rings. The molecule has 0 saturated heterocycles. The highest BCUT2D eigenvalue weighted by molar-refractivity contribution is 5.36. The predicted octanol–water partition coefficient (Wildman–Crippen LogP) is 2.37. The van der Waals surface area contributed by atoms with Crippen molar-refractivity contribution in [1.29, 1.82) is 5.26 Å². The minimum atomic E-state index is 0.280. The molecule has 0 radical (unpaired) electrons. The molecule has 2 atom stereocenters. The van der Waals surface area contributed by atoms with Crippen LogP contribution in [0.25, 0.3) is 0 Å². The van der Waals surface area contributed by atoms with E-state index >= 15 is 0 Å². The maximum absolute atomic E-state index is 8.83. The van der Waals surface area contributed by atoms with E-state index in [1.807, 2.05) is 29.1 Å². The second-order valence-corrected chi connectivity index (χ2v) is 4.96. The average molecular weight is 284 g/mol. The van der Waals surface area contributed by atoms with Gasteiger partial charge in [0.05, 0.1) is 17.7 Å². The quantitative estimate of drug-likeness (QED) is 0.793. The van der Waals surface area contributed by atoms with Crippen molar-refractivity contribution >= 4 is 0 Å². The highest BCUT2D eigenvalue weighted by Gasteiger charge is 2.13. The molecule has 0 aliphatic rings. The lowest BCUT2D eigenvalue weighted by Crippen LogP contribution is -2.36. The van der Waals surface area contributed by atoms with Gasteiger partial charge in [-0.1, -0.05) is 6.07 Å². The molecule has 0 fully saturated rings. The van der Waals surface area contributed by atoms with E-state index in [0.29, 0.717) is 18.2 Å². The Kier molecular flexibility index (Phi) is 5.35. The molecule has 1 aromatic carbocycles. The van der Waals surface area contributed by atoms with Crippen LogP contribution in [0.5, 0.6) is 5.75 Å². The fraction of sp³-hybridized carbons (Fsp3) is 0.375. The van der Waals surface area contributed by atoms with Gasteiger partial charge in [-0.15, -0.1) is 0 Å². The van der Waals surface area contributed by atoms with E-state index in [-0.39, 0.29) is 6.04 Å². The monoisotopic (exact) mass is 284 g/mol. The van der Waals surface area contributed by atoms with Crippen LogP contribution in [0.15, 0.2) is 42.7 Å². The van der Waals surface area contributed by atoms with Crippen molar-refractivity contribution in [2.75, 3.05) is 13.2 Å². The molecular weight excluding hydrogens is 264 g/mol. The zero-order valence-corrected chi connectivity index (χ0v) is 12.4. The number of ether oxygens (including phenoxy) is 1. The van der Waals surface area contributed by atoms with Crippen LogP contribution in [-0.4, -0.2) is 29.0 Å². The summed E-state index contributed by atoms with van der Waals surface area (Å²) in [5.41, 5.74) is 0.612. The van der Waals surface area contributed by atoms with Gasteiger partial charge in [0.25, 0.3) is 0 Å². The molecular formula is C16H20N4O. The zero-order valence-electron chi connectivity index (χ0n) is 12.4. The van der Waals surface area contributed by atoms with Crippen molar-refractivity contribution in [2.45, 2.75) is 25.9 Å². The third kappa shape index (κ3) is 4.33. The molecule has 5 nitrogen and oxygen atoms in total. The lowest BCUT2D eigenvalue weighted by atomic mass is 10.2. The molecule has 1 N–H and O–H groups in total. The second-order valence-electron chi connectivity index (χ2n) is 4.96. The van der Waals surface area contributed by atoms with Gasteiger partial charge in [-0.3, -0.25) is 4.68 Å². The van der Waals surface area contributed by atoms with Gasteiger partial charge in [0.15, 0.2) is 0 Å². The first-order valence-corrected chi connectivity index (χ1v) is 7.06. The normalized spacial score (nSPS) is 13.4. The molecule has 2 rings (SSSR count). The molecule has 2 unspecified atom stereocenters. The number of hydrogen-bond donors (Lipinski definition) is 1.